The van der Waals surface area contributed by atoms with Gasteiger partial charge in [0, 0.05) is 31.9 Å². The lowest BCUT2D eigenvalue weighted by Gasteiger charge is -2.12. The number of nitrogens with zero attached hydrogens (tertiary/aromatic N) is 2. The fourth-order valence-corrected chi connectivity index (χ4v) is 2.32. The number of aromatic nitrogens is 2. The van der Waals surface area contributed by atoms with Gasteiger partial charge in [-0.05, 0) is 23.6 Å². The molecule has 114 valence electrons. The van der Waals surface area contributed by atoms with Crippen LogP contribution in [0.15, 0.2) is 30.5 Å². The monoisotopic (exact) mass is 291 g/mol. The molecule has 2 aromatic rings. The average molecular weight is 291 g/mol. The van der Waals surface area contributed by atoms with Gasteiger partial charge in [0.15, 0.2) is 0 Å². The van der Waals surface area contributed by atoms with Crippen molar-refractivity contribution in [1.82, 2.24) is 15.1 Å². The molecule has 2 rings (SSSR count). The van der Waals surface area contributed by atoms with Gasteiger partial charge < -0.3 is 10.4 Å². The van der Waals surface area contributed by atoms with Crippen molar-refractivity contribution in [3.8, 4) is 0 Å². The van der Waals surface area contributed by atoms with Crippen molar-refractivity contribution >= 4 is 0 Å². The van der Waals surface area contributed by atoms with Crippen LogP contribution in [-0.4, -0.2) is 21.4 Å². The minimum absolute atomic E-state index is 0.296. The Morgan fingerprint density at radius 1 is 1.29 bits per heavy atom. The molecule has 0 amide bonds. The van der Waals surface area contributed by atoms with Crippen LogP contribution in [0.25, 0.3) is 0 Å². The van der Waals surface area contributed by atoms with E-state index in [2.05, 4.69) is 24.3 Å². The van der Waals surface area contributed by atoms with Gasteiger partial charge in [0.1, 0.15) is 5.82 Å². The topological polar surface area (TPSA) is 50.1 Å². The molecule has 0 fully saturated rings. The Morgan fingerprint density at radius 3 is 2.57 bits per heavy atom. The van der Waals surface area contributed by atoms with Gasteiger partial charge in [-0.2, -0.15) is 5.10 Å². The quantitative estimate of drug-likeness (QED) is 0.860. The third-order valence-corrected chi connectivity index (χ3v) is 3.39. The Hall–Kier alpha value is -1.72. The molecule has 4 nitrogen and oxygen atoms in total. The van der Waals surface area contributed by atoms with Crippen LogP contribution in [0.3, 0.4) is 0 Å². The zero-order valence-electron chi connectivity index (χ0n) is 12.7. The highest BCUT2D eigenvalue weighted by molar-refractivity contribution is 5.21. The van der Waals surface area contributed by atoms with E-state index >= 15 is 0 Å². The Labute approximate surface area is 124 Å². The molecule has 1 atom stereocenters. The maximum atomic E-state index is 12.8. The van der Waals surface area contributed by atoms with E-state index in [1.54, 1.807) is 12.1 Å². The summed E-state index contributed by atoms with van der Waals surface area (Å²) in [4.78, 5) is 0. The minimum atomic E-state index is -0.648. The first kappa shape index (κ1) is 15.7. The standard InChI is InChI=1S/C16H22FN3O/c1-11(2)16-13(10-20(3)19-16)8-18-9-15(21)12-4-6-14(17)7-5-12/h4-7,10-11,15,18,21H,8-9H2,1-3H3. The van der Waals surface area contributed by atoms with E-state index in [1.165, 1.54) is 12.1 Å². The van der Waals surface area contributed by atoms with Crippen LogP contribution in [0.2, 0.25) is 0 Å². The number of aryl methyl sites for hydroxylation is 1. The zero-order valence-corrected chi connectivity index (χ0v) is 12.7. The number of hydrogen-bond donors (Lipinski definition) is 2. The van der Waals surface area contributed by atoms with Crippen LogP contribution in [0.1, 0.15) is 42.7 Å². The van der Waals surface area contributed by atoms with Crippen LogP contribution in [0, 0.1) is 5.82 Å². The fraction of sp³-hybridized carbons (Fsp3) is 0.438. The number of aliphatic hydroxyl groups excluding tert-OH is 1. The van der Waals surface area contributed by atoms with Gasteiger partial charge in [0.25, 0.3) is 0 Å². The number of benzene rings is 1. The predicted octanol–water partition coefficient (Wildman–Crippen LogP) is 2.51. The predicted molar refractivity (Wildman–Crippen MR) is 80.4 cm³/mol. The van der Waals surface area contributed by atoms with E-state index in [-0.39, 0.29) is 5.82 Å². The SMILES string of the molecule is CC(C)c1nn(C)cc1CNCC(O)c1ccc(F)cc1. The Kier molecular flexibility index (Phi) is 5.09. The van der Waals surface area contributed by atoms with E-state index in [1.807, 2.05) is 17.9 Å². The molecular weight excluding hydrogens is 269 g/mol. The molecule has 0 aliphatic rings. The van der Waals surface area contributed by atoms with Crippen molar-refractivity contribution in [2.75, 3.05) is 6.54 Å². The van der Waals surface area contributed by atoms with Gasteiger partial charge in [0.2, 0.25) is 0 Å². The highest BCUT2D eigenvalue weighted by Crippen LogP contribution is 2.17. The zero-order chi connectivity index (χ0) is 15.4. The van der Waals surface area contributed by atoms with Gasteiger partial charge in [0.05, 0.1) is 11.8 Å². The van der Waals surface area contributed by atoms with Gasteiger partial charge in [-0.3, -0.25) is 4.68 Å². The van der Waals surface area contributed by atoms with Crippen molar-refractivity contribution < 1.29 is 9.50 Å². The van der Waals surface area contributed by atoms with E-state index in [9.17, 15) is 9.50 Å². The molecule has 21 heavy (non-hydrogen) atoms. The molecule has 0 saturated heterocycles. The lowest BCUT2D eigenvalue weighted by Crippen LogP contribution is -2.21. The average Bonchev–Trinajstić information content (AvgIpc) is 2.81. The van der Waals surface area contributed by atoms with Crippen molar-refractivity contribution in [3.63, 3.8) is 0 Å². The molecule has 0 aliphatic heterocycles. The van der Waals surface area contributed by atoms with Gasteiger partial charge in [-0.15, -0.1) is 0 Å². The van der Waals surface area contributed by atoms with Crippen LogP contribution in [0.5, 0.6) is 0 Å². The molecule has 1 unspecified atom stereocenters. The first-order valence-corrected chi connectivity index (χ1v) is 7.14. The number of nitrogens with one attached hydrogen (secondary N) is 1. The summed E-state index contributed by atoms with van der Waals surface area (Å²) in [6.07, 6.45) is 1.34. The maximum Gasteiger partial charge on any atom is 0.123 e. The third kappa shape index (κ3) is 4.12. The smallest absolute Gasteiger partial charge is 0.123 e. The van der Waals surface area contributed by atoms with E-state index in [4.69, 9.17) is 0 Å². The number of aliphatic hydroxyl groups is 1. The molecule has 5 heteroatoms. The molecular formula is C16H22FN3O. The van der Waals surface area contributed by atoms with Gasteiger partial charge >= 0.3 is 0 Å². The lowest BCUT2D eigenvalue weighted by molar-refractivity contribution is 0.174. The van der Waals surface area contributed by atoms with E-state index in [0.29, 0.717) is 24.6 Å². The van der Waals surface area contributed by atoms with Crippen molar-refractivity contribution in [3.05, 3.63) is 53.1 Å². The third-order valence-electron chi connectivity index (χ3n) is 3.39. The molecule has 0 spiro atoms. The highest BCUT2D eigenvalue weighted by Gasteiger charge is 2.12. The minimum Gasteiger partial charge on any atom is -0.387 e. The molecule has 0 bridgehead atoms. The molecule has 0 aliphatic carbocycles. The van der Waals surface area contributed by atoms with Crippen LogP contribution >= 0.6 is 0 Å². The normalized spacial score (nSPS) is 12.9. The molecule has 1 heterocycles. The summed E-state index contributed by atoms with van der Waals surface area (Å²) in [7, 11) is 1.91. The summed E-state index contributed by atoms with van der Waals surface area (Å²) >= 11 is 0. The fourth-order valence-electron chi connectivity index (χ4n) is 2.32. The summed E-state index contributed by atoms with van der Waals surface area (Å²) in [5.41, 5.74) is 2.92. The van der Waals surface area contributed by atoms with E-state index in [0.717, 1.165) is 11.3 Å². The highest BCUT2D eigenvalue weighted by atomic mass is 19.1. The lowest BCUT2D eigenvalue weighted by atomic mass is 10.1. The molecule has 0 radical (unpaired) electrons. The molecule has 0 saturated carbocycles. The largest absolute Gasteiger partial charge is 0.387 e. The summed E-state index contributed by atoms with van der Waals surface area (Å²) in [5.74, 6) is 0.0702. The summed E-state index contributed by atoms with van der Waals surface area (Å²) < 4.78 is 14.6. The molecule has 1 aromatic carbocycles. The summed E-state index contributed by atoms with van der Waals surface area (Å²) in [5, 5.41) is 17.7. The number of rotatable bonds is 6. The van der Waals surface area contributed by atoms with Crippen molar-refractivity contribution in [1.29, 1.82) is 0 Å². The molecule has 2 N–H and O–H groups in total. The maximum absolute atomic E-state index is 12.8. The van der Waals surface area contributed by atoms with Crippen LogP contribution < -0.4 is 5.32 Å². The molecule has 1 aromatic heterocycles. The Bertz CT molecular complexity index is 578. The first-order chi connectivity index (χ1) is 9.97. The second-order valence-corrected chi connectivity index (χ2v) is 5.57. The van der Waals surface area contributed by atoms with Gasteiger partial charge in [-0.1, -0.05) is 26.0 Å². The van der Waals surface area contributed by atoms with Gasteiger partial charge in [-0.25, -0.2) is 4.39 Å². The number of hydrogen-bond acceptors (Lipinski definition) is 3. The van der Waals surface area contributed by atoms with Crippen molar-refractivity contribution in [2.45, 2.75) is 32.4 Å². The Morgan fingerprint density at radius 2 is 1.95 bits per heavy atom. The summed E-state index contributed by atoms with van der Waals surface area (Å²) in [6, 6.07) is 5.92. The van der Waals surface area contributed by atoms with Crippen LogP contribution in [-0.2, 0) is 13.6 Å². The van der Waals surface area contributed by atoms with Crippen LogP contribution in [0.4, 0.5) is 4.39 Å². The Balaban J connectivity index is 1.91. The second-order valence-electron chi connectivity index (χ2n) is 5.57. The second kappa shape index (κ2) is 6.83. The number of halogens is 1. The summed E-state index contributed by atoms with van der Waals surface area (Å²) in [6.45, 7) is 5.29. The van der Waals surface area contributed by atoms with Crippen molar-refractivity contribution in [2.24, 2.45) is 7.05 Å². The first-order valence-electron chi connectivity index (χ1n) is 7.14. The van der Waals surface area contributed by atoms with E-state index < -0.39 is 6.10 Å².